The first-order valence-corrected chi connectivity index (χ1v) is 14.5. The number of hydrogen-bond donors (Lipinski definition) is 2. The van der Waals surface area contributed by atoms with Crippen LogP contribution in [-0.4, -0.2) is 53.0 Å². The molecule has 38 heavy (non-hydrogen) atoms. The van der Waals surface area contributed by atoms with Crippen molar-refractivity contribution >= 4 is 29.7 Å². The lowest BCUT2D eigenvalue weighted by Gasteiger charge is -2.35. The predicted octanol–water partition coefficient (Wildman–Crippen LogP) is 5.55. The van der Waals surface area contributed by atoms with Crippen LogP contribution in [0, 0.1) is 13.8 Å². The zero-order chi connectivity index (χ0) is 28.3. The average Bonchev–Trinajstić information content (AvgIpc) is 2.86. The molecule has 0 aliphatic rings. The van der Waals surface area contributed by atoms with Crippen LogP contribution in [0.25, 0.3) is 0 Å². The van der Waals surface area contributed by atoms with Crippen molar-refractivity contribution in [3.8, 4) is 0 Å². The van der Waals surface area contributed by atoms with E-state index in [-0.39, 0.29) is 11.8 Å². The molecular weight excluding hydrogens is 498 g/mol. The Balaban J connectivity index is 2.46. The molecule has 0 radical (unpaired) electrons. The number of benzene rings is 2. The molecule has 0 fully saturated rings. The van der Waals surface area contributed by atoms with E-state index >= 15 is 0 Å². The van der Waals surface area contributed by atoms with Crippen molar-refractivity contribution in [3.63, 3.8) is 0 Å². The maximum atomic E-state index is 14.1. The molecule has 7 nitrogen and oxygen atoms in total. The number of alkyl carbamates (subject to hydrolysis) is 1. The van der Waals surface area contributed by atoms with Gasteiger partial charge in [-0.2, -0.15) is 11.8 Å². The van der Waals surface area contributed by atoms with Crippen molar-refractivity contribution in [1.29, 1.82) is 0 Å². The molecule has 2 rings (SSSR count). The molecule has 0 saturated carbocycles. The topological polar surface area (TPSA) is 87.7 Å². The van der Waals surface area contributed by atoms with Crippen LogP contribution in [0.4, 0.5) is 4.79 Å². The first-order valence-electron chi connectivity index (χ1n) is 13.1. The Morgan fingerprint density at radius 1 is 1.03 bits per heavy atom. The van der Waals surface area contributed by atoms with Gasteiger partial charge in [0, 0.05) is 13.1 Å². The zero-order valence-electron chi connectivity index (χ0n) is 23.8. The summed E-state index contributed by atoms with van der Waals surface area (Å²) < 4.78 is 5.45. The minimum absolute atomic E-state index is 0.259. The second-order valence-electron chi connectivity index (χ2n) is 10.4. The van der Waals surface area contributed by atoms with Gasteiger partial charge in [-0.25, -0.2) is 4.79 Å². The third-order valence-corrected chi connectivity index (χ3v) is 6.80. The van der Waals surface area contributed by atoms with Crippen molar-refractivity contribution in [1.82, 2.24) is 15.5 Å². The molecule has 8 heteroatoms. The normalized spacial score (nSPS) is 12.8. The van der Waals surface area contributed by atoms with Gasteiger partial charge >= 0.3 is 6.09 Å². The fourth-order valence-electron chi connectivity index (χ4n) is 4.15. The highest BCUT2D eigenvalue weighted by atomic mass is 32.2. The number of rotatable bonds is 12. The fourth-order valence-corrected chi connectivity index (χ4v) is 4.62. The molecule has 0 aromatic heterocycles. The molecule has 2 atom stereocenters. The van der Waals surface area contributed by atoms with Crippen LogP contribution in [0.5, 0.6) is 0 Å². The number of amides is 3. The van der Waals surface area contributed by atoms with Gasteiger partial charge in [-0.1, -0.05) is 55.5 Å². The van der Waals surface area contributed by atoms with Crippen LogP contribution in [0.3, 0.4) is 0 Å². The first kappa shape index (κ1) is 31.2. The van der Waals surface area contributed by atoms with Gasteiger partial charge in [0.2, 0.25) is 11.8 Å². The molecule has 0 aliphatic carbocycles. The average molecular weight is 542 g/mol. The number of carbonyl (C=O) groups excluding carboxylic acids is 3. The largest absolute Gasteiger partial charge is 0.444 e. The highest BCUT2D eigenvalue weighted by molar-refractivity contribution is 7.98. The fraction of sp³-hybridized carbons (Fsp3) is 0.500. The Hall–Kier alpha value is -3.00. The molecule has 0 spiro atoms. The quantitative estimate of drug-likeness (QED) is 0.368. The highest BCUT2D eigenvalue weighted by Gasteiger charge is 2.36. The Labute approximate surface area is 232 Å². The summed E-state index contributed by atoms with van der Waals surface area (Å²) in [4.78, 5) is 42.2. The third-order valence-electron chi connectivity index (χ3n) is 6.16. The van der Waals surface area contributed by atoms with Gasteiger partial charge in [0.15, 0.2) is 0 Å². The van der Waals surface area contributed by atoms with Gasteiger partial charge in [0.1, 0.15) is 17.7 Å². The van der Waals surface area contributed by atoms with Crippen LogP contribution in [0.15, 0.2) is 48.5 Å². The summed E-state index contributed by atoms with van der Waals surface area (Å²) in [5.41, 5.74) is 3.05. The van der Waals surface area contributed by atoms with Crippen LogP contribution in [0.2, 0.25) is 0 Å². The molecule has 2 N–H and O–H groups in total. The van der Waals surface area contributed by atoms with Crippen molar-refractivity contribution in [2.45, 2.75) is 78.6 Å². The van der Waals surface area contributed by atoms with E-state index in [4.69, 9.17) is 4.74 Å². The molecule has 2 aromatic carbocycles. The summed E-state index contributed by atoms with van der Waals surface area (Å²) in [7, 11) is 0. The van der Waals surface area contributed by atoms with Gasteiger partial charge in [-0.15, -0.1) is 0 Å². The monoisotopic (exact) mass is 541 g/mol. The van der Waals surface area contributed by atoms with Gasteiger partial charge in [-0.05, 0) is 81.7 Å². The van der Waals surface area contributed by atoms with Gasteiger partial charge in [0.05, 0.1) is 0 Å². The number of carbonyl (C=O) groups is 3. The predicted molar refractivity (Wildman–Crippen MR) is 155 cm³/mol. The number of hydrogen-bond acceptors (Lipinski definition) is 5. The molecule has 208 valence electrons. The first-order chi connectivity index (χ1) is 18.0. The number of aryl methyl sites for hydroxylation is 1. The maximum absolute atomic E-state index is 14.1. The molecular formula is C30H43N3O4S. The smallest absolute Gasteiger partial charge is 0.408 e. The maximum Gasteiger partial charge on any atom is 0.408 e. The van der Waals surface area contributed by atoms with E-state index in [1.54, 1.807) is 37.4 Å². The van der Waals surface area contributed by atoms with Gasteiger partial charge in [-0.3, -0.25) is 9.59 Å². The number of thioether (sulfide) groups is 1. The number of nitrogens with one attached hydrogen (secondary N) is 2. The summed E-state index contributed by atoms with van der Waals surface area (Å²) in [6.45, 7) is 12.0. The second kappa shape index (κ2) is 14.8. The summed E-state index contributed by atoms with van der Waals surface area (Å²) in [6.07, 6.45) is 2.38. The van der Waals surface area contributed by atoms with Gasteiger partial charge in [0.25, 0.3) is 0 Å². The standard InChI is InChI=1S/C30H43N3O4S/c1-8-18-33(28(35)25(17-19-38-7)32-29(36)37-30(4,5)6)26(24-16-12-13-21(2)22(24)3)27(34)31-20-23-14-10-9-11-15-23/h9-16,25-26H,8,17-20H2,1-7H3,(H,31,34)(H,32,36). The van der Waals surface area contributed by atoms with Crippen molar-refractivity contribution < 1.29 is 19.1 Å². The Kier molecular flexibility index (Phi) is 12.2. The zero-order valence-corrected chi connectivity index (χ0v) is 24.6. The summed E-state index contributed by atoms with van der Waals surface area (Å²) in [5.74, 6) is 0.110. The van der Waals surface area contributed by atoms with Crippen LogP contribution >= 0.6 is 11.8 Å². The molecule has 0 bridgehead atoms. The van der Waals surface area contributed by atoms with Crippen LogP contribution in [-0.2, 0) is 20.9 Å². The number of ether oxygens (including phenoxy) is 1. The molecule has 2 aromatic rings. The van der Waals surface area contributed by atoms with Crippen molar-refractivity contribution in [2.24, 2.45) is 0 Å². The summed E-state index contributed by atoms with van der Waals surface area (Å²) in [6, 6.07) is 13.8. The van der Waals surface area contributed by atoms with Gasteiger partial charge < -0.3 is 20.3 Å². The van der Waals surface area contributed by atoms with Crippen LogP contribution in [0.1, 0.15) is 68.8 Å². The van der Waals surface area contributed by atoms with E-state index < -0.39 is 23.8 Å². The van der Waals surface area contributed by atoms with E-state index in [0.717, 1.165) is 22.3 Å². The summed E-state index contributed by atoms with van der Waals surface area (Å²) >= 11 is 1.59. The van der Waals surface area contributed by atoms with E-state index in [1.165, 1.54) is 0 Å². The minimum Gasteiger partial charge on any atom is -0.444 e. The lowest BCUT2D eigenvalue weighted by Crippen LogP contribution is -2.53. The molecule has 0 heterocycles. The lowest BCUT2D eigenvalue weighted by atomic mass is 9.94. The Morgan fingerprint density at radius 2 is 1.71 bits per heavy atom. The Morgan fingerprint density at radius 3 is 2.32 bits per heavy atom. The van der Waals surface area contributed by atoms with Crippen molar-refractivity contribution in [2.75, 3.05) is 18.6 Å². The van der Waals surface area contributed by atoms with E-state index in [9.17, 15) is 14.4 Å². The SMILES string of the molecule is CCCN(C(=O)C(CCSC)NC(=O)OC(C)(C)C)C(C(=O)NCc1ccccc1)c1cccc(C)c1C. The minimum atomic E-state index is -0.844. The number of nitrogens with zero attached hydrogens (tertiary/aromatic N) is 1. The molecule has 0 aliphatic heterocycles. The summed E-state index contributed by atoms with van der Waals surface area (Å²) in [5, 5.41) is 5.82. The molecule has 2 unspecified atom stereocenters. The van der Waals surface area contributed by atoms with Crippen molar-refractivity contribution in [3.05, 3.63) is 70.8 Å². The Bertz CT molecular complexity index is 1070. The molecule has 0 saturated heterocycles. The third kappa shape index (κ3) is 9.39. The van der Waals surface area contributed by atoms with E-state index in [2.05, 4.69) is 10.6 Å². The lowest BCUT2D eigenvalue weighted by molar-refractivity contribution is -0.142. The van der Waals surface area contributed by atoms with Crippen LogP contribution < -0.4 is 10.6 Å². The highest BCUT2D eigenvalue weighted by Crippen LogP contribution is 2.28. The van der Waals surface area contributed by atoms with E-state index in [0.29, 0.717) is 31.7 Å². The van der Waals surface area contributed by atoms with E-state index in [1.807, 2.05) is 75.6 Å². The molecule has 3 amide bonds. The second-order valence-corrected chi connectivity index (χ2v) is 11.4.